The van der Waals surface area contributed by atoms with Crippen LogP contribution in [0.25, 0.3) is 0 Å². The van der Waals surface area contributed by atoms with E-state index in [2.05, 4.69) is 6.92 Å². The highest BCUT2D eigenvalue weighted by Gasteiger charge is 2.36. The lowest BCUT2D eigenvalue weighted by atomic mass is 9.91. The second-order valence-corrected chi connectivity index (χ2v) is 8.18. The van der Waals surface area contributed by atoms with Gasteiger partial charge >= 0.3 is 5.97 Å². The summed E-state index contributed by atoms with van der Waals surface area (Å²) in [5.74, 6) is 0.873. The average Bonchev–Trinajstić information content (AvgIpc) is 2.99. The van der Waals surface area contributed by atoms with Crippen LogP contribution in [-0.2, 0) is 19.1 Å². The average molecular weight is 418 g/mol. The van der Waals surface area contributed by atoms with Crippen molar-refractivity contribution >= 4 is 17.7 Å². The lowest BCUT2D eigenvalue weighted by Crippen LogP contribution is -2.33. The molecule has 3 unspecified atom stereocenters. The van der Waals surface area contributed by atoms with E-state index >= 15 is 0 Å². The van der Waals surface area contributed by atoms with Gasteiger partial charge in [-0.05, 0) is 70.1 Å². The Morgan fingerprint density at radius 3 is 2.53 bits per heavy atom. The quantitative estimate of drug-likeness (QED) is 0.478. The van der Waals surface area contributed by atoms with Gasteiger partial charge in [-0.2, -0.15) is 0 Å². The number of rotatable bonds is 12. The van der Waals surface area contributed by atoms with Crippen molar-refractivity contribution in [1.82, 2.24) is 4.90 Å². The summed E-state index contributed by atoms with van der Waals surface area (Å²) in [6.07, 6.45) is 3.86. The Labute approximate surface area is 179 Å². The molecule has 6 heteroatoms. The summed E-state index contributed by atoms with van der Waals surface area (Å²) in [7, 11) is 1.63. The van der Waals surface area contributed by atoms with Crippen molar-refractivity contribution < 1.29 is 23.9 Å². The molecule has 1 aromatic carbocycles. The molecule has 30 heavy (non-hydrogen) atoms. The molecular formula is C24H35NO5. The van der Waals surface area contributed by atoms with Gasteiger partial charge in [-0.1, -0.05) is 12.1 Å². The molecule has 0 bridgehead atoms. The minimum atomic E-state index is -0.201. The number of nitrogens with zero attached hydrogens (tertiary/aromatic N) is 1. The Morgan fingerprint density at radius 2 is 1.93 bits per heavy atom. The molecular weight excluding hydrogens is 382 g/mol. The standard InChI is InChI=1S/C24H35NO5/c1-5-30-23(27)16-20(19-10-12-22(29-4)13-11-19)7-6-14-25-17(2)15-21(24(25)28)9-8-18(3)26/h10-13,17,20-21H,5-9,14-16H2,1-4H3. The summed E-state index contributed by atoms with van der Waals surface area (Å²) in [5.41, 5.74) is 1.07. The first-order chi connectivity index (χ1) is 14.3. The molecule has 1 saturated heterocycles. The summed E-state index contributed by atoms with van der Waals surface area (Å²) in [4.78, 5) is 38.0. The maximum absolute atomic E-state index is 12.7. The van der Waals surface area contributed by atoms with Gasteiger partial charge < -0.3 is 19.2 Å². The lowest BCUT2D eigenvalue weighted by molar-refractivity contribution is -0.143. The molecule has 1 aromatic rings. The zero-order valence-corrected chi connectivity index (χ0v) is 18.7. The number of esters is 1. The van der Waals surface area contributed by atoms with Crippen molar-refractivity contribution in [2.75, 3.05) is 20.3 Å². The third-order valence-electron chi connectivity index (χ3n) is 5.89. The summed E-state index contributed by atoms with van der Waals surface area (Å²) in [6, 6.07) is 7.98. The predicted octanol–water partition coefficient (Wildman–Crippen LogP) is 4.12. The van der Waals surface area contributed by atoms with Crippen molar-refractivity contribution in [2.24, 2.45) is 5.92 Å². The van der Waals surface area contributed by atoms with Gasteiger partial charge in [0.05, 0.1) is 20.1 Å². The second kappa shape index (κ2) is 11.7. The van der Waals surface area contributed by atoms with Gasteiger partial charge in [-0.25, -0.2) is 0 Å². The second-order valence-electron chi connectivity index (χ2n) is 8.18. The van der Waals surface area contributed by atoms with Crippen LogP contribution in [0, 0.1) is 5.92 Å². The molecule has 3 atom stereocenters. The molecule has 2 rings (SSSR count). The predicted molar refractivity (Wildman–Crippen MR) is 115 cm³/mol. The topological polar surface area (TPSA) is 72.9 Å². The molecule has 1 heterocycles. The number of hydrogen-bond acceptors (Lipinski definition) is 5. The fourth-order valence-corrected chi connectivity index (χ4v) is 4.23. The molecule has 0 spiro atoms. The van der Waals surface area contributed by atoms with Crippen molar-refractivity contribution in [3.05, 3.63) is 29.8 Å². The molecule has 1 aliphatic heterocycles. The van der Waals surface area contributed by atoms with E-state index in [9.17, 15) is 14.4 Å². The van der Waals surface area contributed by atoms with Gasteiger partial charge in [0.1, 0.15) is 11.5 Å². The fraction of sp³-hybridized carbons (Fsp3) is 0.625. The first-order valence-electron chi connectivity index (χ1n) is 10.9. The SMILES string of the molecule is CCOC(=O)CC(CCCN1C(=O)C(CCC(C)=O)CC1C)c1ccc(OC)cc1. The Balaban J connectivity index is 1.96. The van der Waals surface area contributed by atoms with Gasteiger partial charge in [0.2, 0.25) is 5.91 Å². The highest BCUT2D eigenvalue weighted by molar-refractivity contribution is 5.82. The molecule has 0 N–H and O–H groups in total. The number of ketones is 1. The number of carbonyl (C=O) groups excluding carboxylic acids is 3. The van der Waals surface area contributed by atoms with Crippen LogP contribution in [0.3, 0.4) is 0 Å². The number of carbonyl (C=O) groups is 3. The van der Waals surface area contributed by atoms with Crippen molar-refractivity contribution in [3.8, 4) is 5.75 Å². The third kappa shape index (κ3) is 6.85. The van der Waals surface area contributed by atoms with Crippen LogP contribution in [0.1, 0.15) is 70.8 Å². The number of Topliss-reactive ketones (excluding diaryl/α,β-unsaturated/α-hetero) is 1. The highest BCUT2D eigenvalue weighted by Crippen LogP contribution is 2.31. The molecule has 0 aliphatic carbocycles. The van der Waals surface area contributed by atoms with Crippen LogP contribution in [-0.4, -0.2) is 48.9 Å². The maximum atomic E-state index is 12.7. The monoisotopic (exact) mass is 417 g/mol. The van der Waals surface area contributed by atoms with Crippen molar-refractivity contribution in [1.29, 1.82) is 0 Å². The van der Waals surface area contributed by atoms with E-state index in [0.717, 1.165) is 30.6 Å². The van der Waals surface area contributed by atoms with E-state index in [1.807, 2.05) is 36.1 Å². The van der Waals surface area contributed by atoms with Crippen LogP contribution in [0.5, 0.6) is 5.75 Å². The van der Waals surface area contributed by atoms with Crippen molar-refractivity contribution in [2.45, 2.75) is 71.3 Å². The van der Waals surface area contributed by atoms with E-state index in [-0.39, 0.29) is 35.5 Å². The van der Waals surface area contributed by atoms with Gasteiger partial charge in [0.15, 0.2) is 0 Å². The van der Waals surface area contributed by atoms with Crippen LogP contribution < -0.4 is 4.74 Å². The number of likely N-dealkylation sites (tertiary alicyclic amines) is 1. The minimum absolute atomic E-state index is 0.0384. The fourth-order valence-electron chi connectivity index (χ4n) is 4.23. The molecule has 166 valence electrons. The number of amides is 1. The smallest absolute Gasteiger partial charge is 0.306 e. The van der Waals surface area contributed by atoms with E-state index in [1.54, 1.807) is 14.0 Å². The summed E-state index contributed by atoms with van der Waals surface area (Å²) in [5, 5.41) is 0. The highest BCUT2D eigenvalue weighted by atomic mass is 16.5. The number of methoxy groups -OCH3 is 1. The Bertz CT molecular complexity index is 715. The van der Waals surface area contributed by atoms with Gasteiger partial charge in [0.25, 0.3) is 0 Å². The van der Waals surface area contributed by atoms with Gasteiger partial charge in [-0.15, -0.1) is 0 Å². The lowest BCUT2D eigenvalue weighted by Gasteiger charge is -2.23. The molecule has 0 saturated carbocycles. The number of ether oxygens (including phenoxy) is 2. The largest absolute Gasteiger partial charge is 0.497 e. The molecule has 1 fully saturated rings. The summed E-state index contributed by atoms with van der Waals surface area (Å²) in [6.45, 7) is 6.50. The maximum Gasteiger partial charge on any atom is 0.306 e. The van der Waals surface area contributed by atoms with Gasteiger partial charge in [0, 0.05) is 24.9 Å². The third-order valence-corrected chi connectivity index (χ3v) is 5.89. The Hall–Kier alpha value is -2.37. The first kappa shape index (κ1) is 23.9. The minimum Gasteiger partial charge on any atom is -0.497 e. The first-order valence-corrected chi connectivity index (χ1v) is 10.9. The summed E-state index contributed by atoms with van der Waals surface area (Å²) < 4.78 is 10.4. The molecule has 6 nitrogen and oxygen atoms in total. The molecule has 0 radical (unpaired) electrons. The normalized spacial score (nSPS) is 19.6. The molecule has 0 aromatic heterocycles. The van der Waals surface area contributed by atoms with Crippen LogP contribution in [0.4, 0.5) is 0 Å². The van der Waals surface area contributed by atoms with E-state index in [4.69, 9.17) is 9.47 Å². The van der Waals surface area contributed by atoms with Gasteiger partial charge in [-0.3, -0.25) is 9.59 Å². The Morgan fingerprint density at radius 1 is 1.23 bits per heavy atom. The van der Waals surface area contributed by atoms with E-state index < -0.39 is 0 Å². The van der Waals surface area contributed by atoms with Crippen LogP contribution in [0.15, 0.2) is 24.3 Å². The van der Waals surface area contributed by atoms with Crippen molar-refractivity contribution in [3.63, 3.8) is 0 Å². The Kier molecular flexibility index (Phi) is 9.34. The molecule has 1 amide bonds. The van der Waals surface area contributed by atoms with Crippen LogP contribution in [0.2, 0.25) is 0 Å². The number of hydrogen-bond donors (Lipinski definition) is 0. The summed E-state index contributed by atoms with van der Waals surface area (Å²) >= 11 is 0. The zero-order chi connectivity index (χ0) is 22.1. The van der Waals surface area contributed by atoms with E-state index in [0.29, 0.717) is 32.4 Å². The zero-order valence-electron chi connectivity index (χ0n) is 18.7. The molecule has 1 aliphatic rings. The van der Waals surface area contributed by atoms with Crippen LogP contribution >= 0.6 is 0 Å². The van der Waals surface area contributed by atoms with E-state index in [1.165, 1.54) is 0 Å². The number of benzene rings is 1.